The summed E-state index contributed by atoms with van der Waals surface area (Å²) in [6, 6.07) is 11.0. The molecule has 0 radical (unpaired) electrons. The van der Waals surface area contributed by atoms with Crippen molar-refractivity contribution in [1.82, 2.24) is 14.9 Å². The molecule has 2 aliphatic rings. The van der Waals surface area contributed by atoms with Crippen LogP contribution < -0.4 is 4.90 Å². The van der Waals surface area contributed by atoms with Crippen molar-refractivity contribution in [2.45, 2.75) is 37.9 Å². The number of hydrogen-bond donors (Lipinski definition) is 0. The Bertz CT molecular complexity index is 765. The number of rotatable bonds is 4. The van der Waals surface area contributed by atoms with Gasteiger partial charge in [-0.25, -0.2) is 9.97 Å². The zero-order valence-electron chi connectivity index (χ0n) is 15.8. The molecule has 1 spiro atoms. The topological polar surface area (TPSA) is 32.3 Å². The van der Waals surface area contributed by atoms with Crippen LogP contribution in [0.25, 0.3) is 0 Å². The maximum atomic E-state index is 4.71. The molecule has 0 N–H and O–H groups in total. The van der Waals surface area contributed by atoms with Gasteiger partial charge in [0.25, 0.3) is 0 Å². The fourth-order valence-electron chi connectivity index (χ4n) is 4.58. The van der Waals surface area contributed by atoms with Crippen molar-refractivity contribution in [1.29, 1.82) is 0 Å². The summed E-state index contributed by atoms with van der Waals surface area (Å²) in [6.07, 6.45) is 7.85. The van der Waals surface area contributed by atoms with Crippen LogP contribution in [0.3, 0.4) is 0 Å². The zero-order chi connectivity index (χ0) is 18.0. The molecule has 0 unspecified atom stereocenters. The number of likely N-dealkylation sites (tertiary alicyclic amines) is 1. The largest absolute Gasteiger partial charge is 0.356 e. The fraction of sp³-hybridized carbons (Fsp3) is 0.524. The first-order chi connectivity index (χ1) is 12.7. The summed E-state index contributed by atoms with van der Waals surface area (Å²) in [5, 5.41) is 0.869. The monoisotopic (exact) mass is 368 g/mol. The summed E-state index contributed by atoms with van der Waals surface area (Å²) in [5.41, 5.74) is 3.22. The molecule has 5 heteroatoms. The number of aryl methyl sites for hydroxylation is 1. The predicted octanol–water partition coefficient (Wildman–Crippen LogP) is 4.00. The molecule has 0 saturated carbocycles. The van der Waals surface area contributed by atoms with Crippen LogP contribution >= 0.6 is 11.8 Å². The number of nitrogens with zero attached hydrogens (tertiary/aromatic N) is 4. The van der Waals surface area contributed by atoms with Gasteiger partial charge >= 0.3 is 0 Å². The van der Waals surface area contributed by atoms with Crippen LogP contribution in [0.15, 0.2) is 41.7 Å². The highest BCUT2D eigenvalue weighted by atomic mass is 32.2. The van der Waals surface area contributed by atoms with Crippen molar-refractivity contribution in [2.75, 3.05) is 37.3 Å². The number of aromatic nitrogens is 2. The average molecular weight is 369 g/mol. The van der Waals surface area contributed by atoms with Crippen molar-refractivity contribution in [3.8, 4) is 0 Å². The summed E-state index contributed by atoms with van der Waals surface area (Å²) >= 11 is 1.61. The van der Waals surface area contributed by atoms with Gasteiger partial charge < -0.3 is 4.90 Å². The van der Waals surface area contributed by atoms with Crippen LogP contribution in [0.4, 0.5) is 5.82 Å². The first-order valence-electron chi connectivity index (χ1n) is 9.56. The second-order valence-corrected chi connectivity index (χ2v) is 8.65. The Morgan fingerprint density at radius 1 is 1.15 bits per heavy atom. The molecule has 138 valence electrons. The van der Waals surface area contributed by atoms with Crippen LogP contribution in [-0.4, -0.2) is 47.3 Å². The molecule has 2 fully saturated rings. The Hall–Kier alpha value is -1.59. The molecule has 3 heterocycles. The van der Waals surface area contributed by atoms with E-state index in [0.717, 1.165) is 30.6 Å². The summed E-state index contributed by atoms with van der Waals surface area (Å²) < 4.78 is 0. The van der Waals surface area contributed by atoms with Gasteiger partial charge in [-0.15, -0.1) is 0 Å². The highest BCUT2D eigenvalue weighted by molar-refractivity contribution is 7.98. The normalized spacial score (nSPS) is 23.7. The fourth-order valence-corrected chi connectivity index (χ4v) is 4.93. The van der Waals surface area contributed by atoms with Gasteiger partial charge in [0.2, 0.25) is 0 Å². The van der Waals surface area contributed by atoms with Gasteiger partial charge in [-0.3, -0.25) is 4.90 Å². The van der Waals surface area contributed by atoms with Crippen LogP contribution in [0.5, 0.6) is 0 Å². The smallest absolute Gasteiger partial charge is 0.189 e. The van der Waals surface area contributed by atoms with E-state index in [-0.39, 0.29) is 0 Å². The highest BCUT2D eigenvalue weighted by Gasteiger charge is 2.41. The van der Waals surface area contributed by atoms with Gasteiger partial charge in [0.05, 0.1) is 0 Å². The van der Waals surface area contributed by atoms with E-state index in [2.05, 4.69) is 52.0 Å². The van der Waals surface area contributed by atoms with Crippen molar-refractivity contribution < 1.29 is 0 Å². The minimum absolute atomic E-state index is 0.423. The van der Waals surface area contributed by atoms with E-state index in [1.807, 2.05) is 12.5 Å². The van der Waals surface area contributed by atoms with Crippen molar-refractivity contribution >= 4 is 17.6 Å². The third-order valence-electron chi connectivity index (χ3n) is 5.79. The standard InChI is InChI=1S/C21H28N4S/c1-17-5-3-6-18(13-17)14-24-11-4-8-21(15-24)9-12-25(16-21)19-7-10-22-20(23-19)26-2/h3,5-7,10,13H,4,8-9,11-12,14-16H2,1-2H3/t21-/m0/s1. The van der Waals surface area contributed by atoms with E-state index in [4.69, 9.17) is 4.98 Å². The lowest BCUT2D eigenvalue weighted by Gasteiger charge is -2.40. The second-order valence-electron chi connectivity index (χ2n) is 7.88. The Kier molecular flexibility index (Phi) is 5.18. The Balaban J connectivity index is 1.43. The number of piperidine rings is 1. The summed E-state index contributed by atoms with van der Waals surface area (Å²) in [6.45, 7) is 7.93. The second kappa shape index (κ2) is 7.57. The number of hydrogen-bond acceptors (Lipinski definition) is 5. The van der Waals surface area contributed by atoms with Gasteiger partial charge in [-0.1, -0.05) is 41.6 Å². The number of thioether (sulfide) groups is 1. The highest BCUT2D eigenvalue weighted by Crippen LogP contribution is 2.40. The zero-order valence-corrected chi connectivity index (χ0v) is 16.6. The van der Waals surface area contributed by atoms with Crippen LogP contribution in [0.2, 0.25) is 0 Å². The van der Waals surface area contributed by atoms with Gasteiger partial charge in [0, 0.05) is 37.8 Å². The minimum atomic E-state index is 0.423. The lowest BCUT2D eigenvalue weighted by atomic mass is 9.79. The third kappa shape index (κ3) is 3.89. The molecule has 2 aromatic rings. The Morgan fingerprint density at radius 3 is 2.92 bits per heavy atom. The molecule has 0 aliphatic carbocycles. The van der Waals surface area contributed by atoms with Crippen molar-refractivity contribution in [2.24, 2.45) is 5.41 Å². The first kappa shape index (κ1) is 17.8. The van der Waals surface area contributed by atoms with E-state index >= 15 is 0 Å². The molecule has 1 atom stereocenters. The molecular formula is C21H28N4S. The molecule has 2 aliphatic heterocycles. The Morgan fingerprint density at radius 2 is 2.08 bits per heavy atom. The van der Waals surface area contributed by atoms with Gasteiger partial charge in [0.15, 0.2) is 5.16 Å². The third-order valence-corrected chi connectivity index (χ3v) is 6.35. The van der Waals surface area contributed by atoms with Crippen molar-refractivity contribution in [3.05, 3.63) is 47.7 Å². The van der Waals surface area contributed by atoms with Crippen LogP contribution in [-0.2, 0) is 6.54 Å². The minimum Gasteiger partial charge on any atom is -0.356 e. The van der Waals surface area contributed by atoms with Crippen LogP contribution in [0.1, 0.15) is 30.4 Å². The molecule has 4 rings (SSSR count). The van der Waals surface area contributed by atoms with Crippen LogP contribution in [0, 0.1) is 12.3 Å². The lowest BCUT2D eigenvalue weighted by molar-refractivity contribution is 0.0991. The summed E-state index contributed by atoms with van der Waals surface area (Å²) in [4.78, 5) is 14.2. The molecular weight excluding hydrogens is 340 g/mol. The van der Waals surface area contributed by atoms with E-state index in [0.29, 0.717) is 5.41 Å². The number of benzene rings is 1. The SMILES string of the molecule is CSc1nccc(N2CC[C@]3(CCCN(Cc4cccc(C)c4)C3)C2)n1. The van der Waals surface area contributed by atoms with Gasteiger partial charge in [0.1, 0.15) is 5.82 Å². The molecule has 0 amide bonds. The average Bonchev–Trinajstić information content (AvgIpc) is 3.05. The number of anilines is 1. The van der Waals surface area contributed by atoms with E-state index < -0.39 is 0 Å². The molecule has 1 aromatic heterocycles. The molecule has 26 heavy (non-hydrogen) atoms. The maximum absolute atomic E-state index is 4.71. The lowest BCUT2D eigenvalue weighted by Crippen LogP contribution is -2.44. The summed E-state index contributed by atoms with van der Waals surface area (Å²) in [7, 11) is 0. The molecule has 0 bridgehead atoms. The molecule has 1 aromatic carbocycles. The van der Waals surface area contributed by atoms with Crippen molar-refractivity contribution in [3.63, 3.8) is 0 Å². The predicted molar refractivity (Wildman–Crippen MR) is 109 cm³/mol. The van der Waals surface area contributed by atoms with E-state index in [9.17, 15) is 0 Å². The maximum Gasteiger partial charge on any atom is 0.189 e. The first-order valence-corrected chi connectivity index (χ1v) is 10.8. The summed E-state index contributed by atoms with van der Waals surface area (Å²) in [5.74, 6) is 1.09. The van der Waals surface area contributed by atoms with Gasteiger partial charge in [-0.05, 0) is 50.6 Å². The molecule has 4 nitrogen and oxygen atoms in total. The quantitative estimate of drug-likeness (QED) is 0.602. The Labute approximate surface area is 161 Å². The van der Waals surface area contributed by atoms with Gasteiger partial charge in [-0.2, -0.15) is 0 Å². The van der Waals surface area contributed by atoms with E-state index in [1.165, 1.54) is 43.5 Å². The van der Waals surface area contributed by atoms with E-state index in [1.54, 1.807) is 11.8 Å². The molecule has 2 saturated heterocycles.